The van der Waals surface area contributed by atoms with E-state index in [2.05, 4.69) is 20.5 Å². The van der Waals surface area contributed by atoms with Crippen LogP contribution in [0.1, 0.15) is 58.9 Å². The highest BCUT2D eigenvalue weighted by Gasteiger charge is 2.28. The lowest BCUT2D eigenvalue weighted by molar-refractivity contribution is 0.102. The zero-order chi connectivity index (χ0) is 14.3. The Labute approximate surface area is 129 Å². The molecule has 20 heavy (non-hydrogen) atoms. The van der Waals surface area contributed by atoms with Crippen molar-refractivity contribution in [3.05, 3.63) is 20.0 Å². The monoisotopic (exact) mass is 328 g/mol. The molecule has 2 aromatic rings. The van der Waals surface area contributed by atoms with Gasteiger partial charge in [0.15, 0.2) is 4.47 Å². The predicted octanol–water partition coefficient (Wildman–Crippen LogP) is 3.90. The van der Waals surface area contributed by atoms with E-state index in [0.29, 0.717) is 21.2 Å². The topological polar surface area (TPSA) is 67.8 Å². The number of carbonyl (C=O) groups excluding carboxylic acids is 1. The van der Waals surface area contributed by atoms with Gasteiger partial charge in [0, 0.05) is 10.8 Å². The van der Waals surface area contributed by atoms with Crippen LogP contribution in [0.15, 0.2) is 0 Å². The van der Waals surface area contributed by atoms with Crippen LogP contribution < -0.4 is 5.32 Å². The van der Waals surface area contributed by atoms with E-state index in [1.807, 2.05) is 13.8 Å². The lowest BCUT2D eigenvalue weighted by Gasteiger charge is -2.04. The zero-order valence-electron chi connectivity index (χ0n) is 11.0. The number of aromatic nitrogens is 3. The second-order valence-corrected chi connectivity index (χ2v) is 7.63. The second-order valence-electron chi connectivity index (χ2n) is 5.01. The number of halogens is 1. The summed E-state index contributed by atoms with van der Waals surface area (Å²) in [5, 5.41) is 12.4. The van der Waals surface area contributed by atoms with Crippen LogP contribution in [0.25, 0.3) is 0 Å². The summed E-state index contributed by atoms with van der Waals surface area (Å²) in [5.74, 6) is 0.477. The summed E-state index contributed by atoms with van der Waals surface area (Å²) in [6, 6.07) is 0. The minimum absolute atomic E-state index is 0.206. The quantitative estimate of drug-likeness (QED) is 0.924. The molecule has 0 atom stereocenters. The normalized spacial score (nSPS) is 14.8. The molecule has 1 aliphatic rings. The van der Waals surface area contributed by atoms with Gasteiger partial charge in [0.2, 0.25) is 5.13 Å². The largest absolute Gasteiger partial charge is 0.295 e. The molecule has 5 nitrogen and oxygen atoms in total. The molecule has 1 N–H and O–H groups in total. The smallest absolute Gasteiger partial charge is 0.277 e. The van der Waals surface area contributed by atoms with Gasteiger partial charge in [-0.05, 0) is 18.8 Å². The SMILES string of the molecule is CC(C)c1sc(Cl)nc1C(=O)Nc1nnc(C2CC2)s1. The molecule has 0 spiro atoms. The average Bonchev–Trinajstić information content (AvgIpc) is 3.01. The maximum absolute atomic E-state index is 12.3. The number of hydrogen-bond acceptors (Lipinski definition) is 6. The molecule has 2 heterocycles. The van der Waals surface area contributed by atoms with E-state index >= 15 is 0 Å². The van der Waals surface area contributed by atoms with E-state index in [1.165, 1.54) is 35.5 Å². The molecule has 2 aromatic heterocycles. The summed E-state index contributed by atoms with van der Waals surface area (Å²) < 4.78 is 0.384. The van der Waals surface area contributed by atoms with Crippen LogP contribution in [-0.4, -0.2) is 21.1 Å². The zero-order valence-corrected chi connectivity index (χ0v) is 13.4. The van der Waals surface area contributed by atoms with Crippen molar-refractivity contribution in [2.75, 3.05) is 5.32 Å². The third-order valence-corrected chi connectivity index (χ3v) is 5.42. The maximum Gasteiger partial charge on any atom is 0.277 e. The third kappa shape index (κ3) is 2.84. The van der Waals surface area contributed by atoms with Gasteiger partial charge in [-0.25, -0.2) is 4.98 Å². The van der Waals surface area contributed by atoms with Gasteiger partial charge in [-0.1, -0.05) is 36.8 Å². The van der Waals surface area contributed by atoms with Crippen molar-refractivity contribution in [2.24, 2.45) is 0 Å². The van der Waals surface area contributed by atoms with E-state index in [0.717, 1.165) is 9.88 Å². The van der Waals surface area contributed by atoms with E-state index < -0.39 is 0 Å². The van der Waals surface area contributed by atoms with Crippen molar-refractivity contribution in [3.63, 3.8) is 0 Å². The number of nitrogens with zero attached hydrogens (tertiary/aromatic N) is 3. The minimum Gasteiger partial charge on any atom is -0.295 e. The molecular formula is C12H13ClN4OS2. The van der Waals surface area contributed by atoms with Crippen molar-refractivity contribution in [2.45, 2.75) is 38.5 Å². The van der Waals surface area contributed by atoms with Crippen molar-refractivity contribution in [3.8, 4) is 0 Å². The van der Waals surface area contributed by atoms with Crippen LogP contribution in [-0.2, 0) is 0 Å². The minimum atomic E-state index is -0.268. The molecular weight excluding hydrogens is 316 g/mol. The number of nitrogens with one attached hydrogen (secondary N) is 1. The van der Waals surface area contributed by atoms with E-state index in [1.54, 1.807) is 0 Å². The van der Waals surface area contributed by atoms with Crippen molar-refractivity contribution in [1.82, 2.24) is 15.2 Å². The van der Waals surface area contributed by atoms with Crippen LogP contribution in [0.5, 0.6) is 0 Å². The average molecular weight is 329 g/mol. The number of rotatable bonds is 4. The molecule has 1 amide bonds. The number of anilines is 1. The fourth-order valence-corrected chi connectivity index (χ4v) is 3.83. The lowest BCUT2D eigenvalue weighted by atomic mass is 10.1. The van der Waals surface area contributed by atoms with Gasteiger partial charge in [0.1, 0.15) is 10.7 Å². The summed E-state index contributed by atoms with van der Waals surface area (Å²) >= 11 is 8.69. The van der Waals surface area contributed by atoms with Gasteiger partial charge < -0.3 is 0 Å². The van der Waals surface area contributed by atoms with Crippen molar-refractivity contribution in [1.29, 1.82) is 0 Å². The first-order valence-electron chi connectivity index (χ1n) is 6.35. The highest BCUT2D eigenvalue weighted by Crippen LogP contribution is 2.42. The van der Waals surface area contributed by atoms with Crippen LogP contribution in [0.2, 0.25) is 4.47 Å². The molecule has 0 radical (unpaired) electrons. The molecule has 8 heteroatoms. The molecule has 1 fully saturated rings. The molecule has 3 rings (SSSR count). The van der Waals surface area contributed by atoms with Crippen LogP contribution >= 0.6 is 34.3 Å². The van der Waals surface area contributed by atoms with E-state index in [4.69, 9.17) is 11.6 Å². The van der Waals surface area contributed by atoms with Gasteiger partial charge in [0.05, 0.1) is 0 Å². The number of thiazole rings is 1. The van der Waals surface area contributed by atoms with Gasteiger partial charge in [-0.15, -0.1) is 21.5 Å². The molecule has 0 bridgehead atoms. The molecule has 0 aromatic carbocycles. The number of amides is 1. The summed E-state index contributed by atoms with van der Waals surface area (Å²) in [6.07, 6.45) is 2.34. The second kappa shape index (κ2) is 5.38. The Morgan fingerprint density at radius 2 is 2.10 bits per heavy atom. The molecule has 0 saturated heterocycles. The number of carbonyl (C=O) groups is 1. The Morgan fingerprint density at radius 3 is 2.75 bits per heavy atom. The first-order chi connectivity index (χ1) is 9.54. The molecule has 1 saturated carbocycles. The lowest BCUT2D eigenvalue weighted by Crippen LogP contribution is -2.14. The Hall–Kier alpha value is -1.05. The Morgan fingerprint density at radius 1 is 1.35 bits per heavy atom. The van der Waals surface area contributed by atoms with E-state index in [9.17, 15) is 4.79 Å². The third-order valence-electron chi connectivity index (χ3n) is 2.95. The van der Waals surface area contributed by atoms with Crippen molar-refractivity contribution < 1.29 is 4.79 Å². The fraction of sp³-hybridized carbons (Fsp3) is 0.500. The van der Waals surface area contributed by atoms with Crippen LogP contribution in [0, 0.1) is 0 Å². The summed E-state index contributed by atoms with van der Waals surface area (Å²) in [5.41, 5.74) is 0.387. The fourth-order valence-electron chi connectivity index (χ4n) is 1.80. The maximum atomic E-state index is 12.3. The Balaban J connectivity index is 1.78. The van der Waals surface area contributed by atoms with Gasteiger partial charge in [-0.2, -0.15) is 0 Å². The molecule has 0 aliphatic heterocycles. The Bertz CT molecular complexity index is 648. The Kier molecular flexibility index (Phi) is 3.74. The van der Waals surface area contributed by atoms with Crippen LogP contribution in [0.4, 0.5) is 5.13 Å². The van der Waals surface area contributed by atoms with Gasteiger partial charge >= 0.3 is 0 Å². The van der Waals surface area contributed by atoms with Gasteiger partial charge in [-0.3, -0.25) is 10.1 Å². The summed E-state index contributed by atoms with van der Waals surface area (Å²) in [4.78, 5) is 17.3. The standard InChI is InChI=1S/C12H13ClN4OS2/c1-5(2)8-7(14-11(13)19-8)9(18)15-12-17-16-10(20-12)6-3-4-6/h5-6H,3-4H2,1-2H3,(H,15,17,18). The summed E-state index contributed by atoms with van der Waals surface area (Å²) in [7, 11) is 0. The predicted molar refractivity (Wildman–Crippen MR) is 81.1 cm³/mol. The van der Waals surface area contributed by atoms with E-state index in [-0.39, 0.29) is 11.8 Å². The molecule has 1 aliphatic carbocycles. The number of hydrogen-bond donors (Lipinski definition) is 1. The van der Waals surface area contributed by atoms with Crippen LogP contribution in [0.3, 0.4) is 0 Å². The highest BCUT2D eigenvalue weighted by atomic mass is 35.5. The highest BCUT2D eigenvalue weighted by molar-refractivity contribution is 7.16. The first-order valence-corrected chi connectivity index (χ1v) is 8.36. The molecule has 0 unspecified atom stereocenters. The van der Waals surface area contributed by atoms with Gasteiger partial charge in [0.25, 0.3) is 5.91 Å². The summed E-state index contributed by atoms with van der Waals surface area (Å²) in [6.45, 7) is 4.02. The molecule has 106 valence electrons. The first kappa shape index (κ1) is 13.9. The van der Waals surface area contributed by atoms with Crippen molar-refractivity contribution >= 4 is 45.3 Å².